The van der Waals surface area contributed by atoms with Crippen molar-refractivity contribution in [3.8, 4) is 5.75 Å². The highest BCUT2D eigenvalue weighted by Crippen LogP contribution is 2.32. The number of hydrogen-bond donors (Lipinski definition) is 1. The molecule has 134 valence electrons. The van der Waals surface area contributed by atoms with Crippen molar-refractivity contribution in [2.75, 3.05) is 13.2 Å². The van der Waals surface area contributed by atoms with Gasteiger partial charge >= 0.3 is 6.03 Å². The minimum atomic E-state index is -0.0189. The summed E-state index contributed by atoms with van der Waals surface area (Å²) in [7, 11) is 0. The van der Waals surface area contributed by atoms with E-state index in [2.05, 4.69) is 17.4 Å². The summed E-state index contributed by atoms with van der Waals surface area (Å²) in [5.74, 6) is 2.60. The lowest BCUT2D eigenvalue weighted by atomic mass is 10.0. The number of nitrogens with zero attached hydrogens (tertiary/aromatic N) is 1. The van der Waals surface area contributed by atoms with Gasteiger partial charge < -0.3 is 19.4 Å². The Bertz CT molecular complexity index is 721. The summed E-state index contributed by atoms with van der Waals surface area (Å²) in [4.78, 5) is 14.6. The zero-order chi connectivity index (χ0) is 17.8. The quantitative estimate of drug-likeness (QED) is 0.879. The van der Waals surface area contributed by atoms with E-state index >= 15 is 0 Å². The molecule has 1 saturated heterocycles. The average Bonchev–Trinajstić information content (AvgIpc) is 3.20. The Balaban J connectivity index is 1.64. The fraction of sp³-hybridized carbons (Fsp3) is 0.450. The van der Waals surface area contributed by atoms with Gasteiger partial charge in [0.2, 0.25) is 0 Å². The van der Waals surface area contributed by atoms with E-state index < -0.39 is 0 Å². The monoisotopic (exact) mass is 342 g/mol. The summed E-state index contributed by atoms with van der Waals surface area (Å²) in [5, 5.41) is 3.03. The number of rotatable bonds is 5. The standard InChI is InChI=1S/C20H26N2O3/c1-4-24-18-9-7-16(8-10-18)19-6-5-11-22(19)20(23)21-13-17-12-14(2)25-15(17)3/h7-10,12,19H,4-6,11,13H2,1-3H3,(H,21,23). The number of carbonyl (C=O) groups is 1. The van der Waals surface area contributed by atoms with Gasteiger partial charge in [-0.1, -0.05) is 12.1 Å². The number of urea groups is 1. The van der Waals surface area contributed by atoms with Crippen LogP contribution in [0.5, 0.6) is 5.75 Å². The van der Waals surface area contributed by atoms with Gasteiger partial charge in [0.15, 0.2) is 0 Å². The first-order valence-corrected chi connectivity index (χ1v) is 8.91. The summed E-state index contributed by atoms with van der Waals surface area (Å²) in [6, 6.07) is 10.2. The van der Waals surface area contributed by atoms with Gasteiger partial charge in [-0.2, -0.15) is 0 Å². The van der Waals surface area contributed by atoms with Crippen LogP contribution in [0.2, 0.25) is 0 Å². The smallest absolute Gasteiger partial charge is 0.318 e. The molecule has 1 aliphatic heterocycles. The molecule has 25 heavy (non-hydrogen) atoms. The third kappa shape index (κ3) is 3.98. The minimum absolute atomic E-state index is 0.0189. The highest BCUT2D eigenvalue weighted by molar-refractivity contribution is 5.75. The second kappa shape index (κ2) is 7.64. The number of carbonyl (C=O) groups excluding carboxylic acids is 1. The molecule has 2 aromatic rings. The van der Waals surface area contributed by atoms with Crippen LogP contribution in [0.4, 0.5) is 4.79 Å². The van der Waals surface area contributed by atoms with Crippen molar-refractivity contribution in [3.05, 3.63) is 53.0 Å². The normalized spacial score (nSPS) is 16.9. The lowest BCUT2D eigenvalue weighted by Gasteiger charge is -2.25. The molecular formula is C20H26N2O3. The topological polar surface area (TPSA) is 54.7 Å². The third-order valence-corrected chi connectivity index (χ3v) is 4.66. The van der Waals surface area contributed by atoms with E-state index in [1.54, 1.807) is 0 Å². The highest BCUT2D eigenvalue weighted by Gasteiger charge is 2.29. The van der Waals surface area contributed by atoms with Crippen LogP contribution in [-0.4, -0.2) is 24.1 Å². The number of aryl methyl sites for hydroxylation is 2. The Morgan fingerprint density at radius 1 is 1.32 bits per heavy atom. The van der Waals surface area contributed by atoms with Gasteiger partial charge in [0.25, 0.3) is 0 Å². The Morgan fingerprint density at radius 2 is 2.08 bits per heavy atom. The van der Waals surface area contributed by atoms with E-state index in [9.17, 15) is 4.79 Å². The Labute approximate surface area is 149 Å². The molecule has 1 N–H and O–H groups in total. The molecule has 1 atom stereocenters. The molecule has 2 heterocycles. The van der Waals surface area contributed by atoms with Gasteiger partial charge in [-0.05, 0) is 57.4 Å². The average molecular weight is 342 g/mol. The van der Waals surface area contributed by atoms with E-state index in [4.69, 9.17) is 9.15 Å². The van der Waals surface area contributed by atoms with Crippen LogP contribution in [0, 0.1) is 13.8 Å². The van der Waals surface area contributed by atoms with Crippen molar-refractivity contribution in [1.82, 2.24) is 10.2 Å². The summed E-state index contributed by atoms with van der Waals surface area (Å²) in [6.07, 6.45) is 2.01. The van der Waals surface area contributed by atoms with Crippen LogP contribution in [0.1, 0.15) is 48.5 Å². The summed E-state index contributed by atoms with van der Waals surface area (Å²) < 4.78 is 11.0. The molecular weight excluding hydrogens is 316 g/mol. The number of likely N-dealkylation sites (tertiary alicyclic amines) is 1. The van der Waals surface area contributed by atoms with Crippen LogP contribution in [0.15, 0.2) is 34.7 Å². The van der Waals surface area contributed by atoms with Gasteiger partial charge in [0, 0.05) is 18.7 Å². The number of benzene rings is 1. The molecule has 5 nitrogen and oxygen atoms in total. The predicted octanol–water partition coefficient (Wildman–Crippen LogP) is 4.34. The van der Waals surface area contributed by atoms with Crippen LogP contribution < -0.4 is 10.1 Å². The fourth-order valence-electron chi connectivity index (χ4n) is 3.44. The van der Waals surface area contributed by atoms with Crippen LogP contribution in [0.25, 0.3) is 0 Å². The van der Waals surface area contributed by atoms with Gasteiger partial charge in [-0.15, -0.1) is 0 Å². The summed E-state index contributed by atoms with van der Waals surface area (Å²) in [5.41, 5.74) is 2.19. The Kier molecular flexibility index (Phi) is 5.31. The largest absolute Gasteiger partial charge is 0.494 e. The molecule has 1 unspecified atom stereocenters. The zero-order valence-corrected chi connectivity index (χ0v) is 15.2. The minimum Gasteiger partial charge on any atom is -0.494 e. The molecule has 0 aliphatic carbocycles. The van der Waals surface area contributed by atoms with E-state index in [1.165, 1.54) is 0 Å². The lowest BCUT2D eigenvalue weighted by molar-refractivity contribution is 0.192. The first-order chi connectivity index (χ1) is 12.1. The molecule has 0 saturated carbocycles. The van der Waals surface area contributed by atoms with Crippen LogP contribution in [-0.2, 0) is 6.54 Å². The maximum Gasteiger partial charge on any atom is 0.318 e. The lowest BCUT2D eigenvalue weighted by Crippen LogP contribution is -2.39. The zero-order valence-electron chi connectivity index (χ0n) is 15.2. The molecule has 0 spiro atoms. The fourth-order valence-corrected chi connectivity index (χ4v) is 3.44. The second-order valence-corrected chi connectivity index (χ2v) is 6.45. The number of hydrogen-bond acceptors (Lipinski definition) is 3. The van der Waals surface area contributed by atoms with Crippen LogP contribution in [0.3, 0.4) is 0 Å². The van der Waals surface area contributed by atoms with Crippen LogP contribution >= 0.6 is 0 Å². The molecule has 1 fully saturated rings. The van der Waals surface area contributed by atoms with E-state index in [-0.39, 0.29) is 12.1 Å². The molecule has 1 aromatic carbocycles. The van der Waals surface area contributed by atoms with E-state index in [0.29, 0.717) is 13.2 Å². The molecule has 2 amide bonds. The van der Waals surface area contributed by atoms with Crippen molar-refractivity contribution in [2.45, 2.75) is 46.2 Å². The SMILES string of the molecule is CCOc1ccc(C2CCCN2C(=O)NCc2cc(C)oc2C)cc1. The maximum atomic E-state index is 12.6. The van der Waals surface area contributed by atoms with Gasteiger partial charge in [0.1, 0.15) is 17.3 Å². The Hall–Kier alpha value is -2.43. The number of amides is 2. The van der Waals surface area contributed by atoms with Gasteiger partial charge in [-0.3, -0.25) is 0 Å². The first-order valence-electron chi connectivity index (χ1n) is 8.91. The van der Waals surface area contributed by atoms with Gasteiger partial charge in [0.05, 0.1) is 12.6 Å². The molecule has 1 aliphatic rings. The Morgan fingerprint density at radius 3 is 2.72 bits per heavy atom. The molecule has 5 heteroatoms. The van der Waals surface area contributed by atoms with Crippen molar-refractivity contribution in [3.63, 3.8) is 0 Å². The molecule has 1 aromatic heterocycles. The predicted molar refractivity (Wildman–Crippen MR) is 96.7 cm³/mol. The van der Waals surface area contributed by atoms with Gasteiger partial charge in [-0.25, -0.2) is 4.79 Å². The van der Waals surface area contributed by atoms with E-state index in [1.807, 2.05) is 43.9 Å². The highest BCUT2D eigenvalue weighted by atomic mass is 16.5. The molecule has 0 bridgehead atoms. The van der Waals surface area contributed by atoms with Crippen molar-refractivity contribution in [2.24, 2.45) is 0 Å². The summed E-state index contributed by atoms with van der Waals surface area (Å²) in [6.45, 7) is 7.75. The molecule has 0 radical (unpaired) electrons. The van der Waals surface area contributed by atoms with E-state index in [0.717, 1.165) is 47.8 Å². The first kappa shape index (κ1) is 17.4. The number of ether oxygens (including phenoxy) is 1. The van der Waals surface area contributed by atoms with Crippen molar-refractivity contribution >= 4 is 6.03 Å². The summed E-state index contributed by atoms with van der Waals surface area (Å²) >= 11 is 0. The second-order valence-electron chi connectivity index (χ2n) is 6.45. The number of furan rings is 1. The number of nitrogens with one attached hydrogen (secondary N) is 1. The van der Waals surface area contributed by atoms with Crippen molar-refractivity contribution < 1.29 is 13.9 Å². The van der Waals surface area contributed by atoms with Crippen molar-refractivity contribution in [1.29, 1.82) is 0 Å². The maximum absolute atomic E-state index is 12.6. The third-order valence-electron chi connectivity index (χ3n) is 4.66. The molecule has 3 rings (SSSR count).